The predicted molar refractivity (Wildman–Crippen MR) is 121 cm³/mol. The van der Waals surface area contributed by atoms with Crippen LogP contribution < -0.4 is 0 Å². The predicted octanol–water partition coefficient (Wildman–Crippen LogP) is 5.75. The van der Waals surface area contributed by atoms with Crippen LogP contribution in [0.15, 0.2) is 36.7 Å². The summed E-state index contributed by atoms with van der Waals surface area (Å²) in [5.74, 6) is 0. The first-order chi connectivity index (χ1) is 13.4. The van der Waals surface area contributed by atoms with E-state index in [2.05, 4.69) is 95.3 Å². The number of hydrogen-bond acceptors (Lipinski definition) is 3. The normalized spacial score (nSPS) is 18.8. The first-order valence-electron chi connectivity index (χ1n) is 10.4. The Morgan fingerprint density at radius 3 is 2.24 bits per heavy atom. The maximum atomic E-state index is 5.06. The van der Waals surface area contributed by atoms with E-state index in [0.29, 0.717) is 0 Å². The summed E-state index contributed by atoms with van der Waals surface area (Å²) in [5.41, 5.74) is 7.07. The van der Waals surface area contributed by atoms with Gasteiger partial charge in [0.25, 0.3) is 0 Å². The number of hydrogen-bond donors (Lipinski definition) is 0. The Bertz CT molecular complexity index is 1300. The van der Waals surface area contributed by atoms with E-state index in [1.165, 1.54) is 22.0 Å². The summed E-state index contributed by atoms with van der Waals surface area (Å²) in [6.45, 7) is 15.8. The van der Waals surface area contributed by atoms with E-state index >= 15 is 0 Å². The van der Waals surface area contributed by atoms with E-state index in [9.17, 15) is 0 Å². The molecule has 150 valence electrons. The van der Waals surface area contributed by atoms with Crippen molar-refractivity contribution in [1.29, 1.82) is 0 Å². The van der Waals surface area contributed by atoms with Gasteiger partial charge in [-0.1, -0.05) is 20.8 Å². The highest BCUT2D eigenvalue weighted by atomic mass is 15.2. The molecule has 3 aromatic heterocycles. The molecular weight excluding hydrogens is 356 g/mol. The highest BCUT2D eigenvalue weighted by Crippen LogP contribution is 2.49. The van der Waals surface area contributed by atoms with E-state index < -0.39 is 0 Å². The Morgan fingerprint density at radius 2 is 1.59 bits per heavy atom. The quantitative estimate of drug-likeness (QED) is 0.386. The van der Waals surface area contributed by atoms with Gasteiger partial charge in [0.1, 0.15) is 5.65 Å². The minimum absolute atomic E-state index is 0.0167. The first-order valence-corrected chi connectivity index (χ1v) is 10.4. The Morgan fingerprint density at radius 1 is 0.931 bits per heavy atom. The molecule has 0 saturated carbocycles. The van der Waals surface area contributed by atoms with Crippen LogP contribution in [0.1, 0.15) is 65.3 Å². The summed E-state index contributed by atoms with van der Waals surface area (Å²) < 4.78 is 2.22. The molecule has 0 N–H and O–H groups in total. The molecule has 4 aromatic rings. The molecule has 4 heterocycles. The van der Waals surface area contributed by atoms with Gasteiger partial charge in [-0.15, -0.1) is 0 Å². The fourth-order valence-electron chi connectivity index (χ4n) is 4.92. The molecule has 1 aliphatic rings. The molecule has 0 spiro atoms. The van der Waals surface area contributed by atoms with Gasteiger partial charge in [-0.3, -0.25) is 14.3 Å². The lowest BCUT2D eigenvalue weighted by atomic mass is 9.90. The summed E-state index contributed by atoms with van der Waals surface area (Å²) in [7, 11) is 2.22. The summed E-state index contributed by atoms with van der Waals surface area (Å²) >= 11 is 0. The molecule has 1 aliphatic heterocycles. The molecule has 0 saturated heterocycles. The molecule has 0 unspecified atom stereocenters. The fraction of sp³-hybridized carbons (Fsp3) is 0.440. The molecule has 29 heavy (non-hydrogen) atoms. The minimum Gasteiger partial charge on any atom is -0.299 e. The number of benzene rings is 1. The average Bonchev–Trinajstić information content (AvgIpc) is 3.08. The van der Waals surface area contributed by atoms with Crippen molar-refractivity contribution in [1.82, 2.24) is 19.3 Å². The minimum atomic E-state index is -0.0198. The van der Waals surface area contributed by atoms with Crippen LogP contribution in [-0.4, -0.2) is 26.3 Å². The summed E-state index contributed by atoms with van der Waals surface area (Å²) in [6.07, 6.45) is 4.15. The van der Waals surface area contributed by atoms with Crippen molar-refractivity contribution in [3.63, 3.8) is 0 Å². The van der Waals surface area contributed by atoms with Gasteiger partial charge in [-0.2, -0.15) is 0 Å². The largest absolute Gasteiger partial charge is 0.299 e. The van der Waals surface area contributed by atoms with Crippen LogP contribution in [-0.2, 0) is 16.5 Å². The summed E-state index contributed by atoms with van der Waals surface area (Å²) in [4.78, 5) is 12.3. The highest BCUT2D eigenvalue weighted by molar-refractivity contribution is 5.98. The Hall–Kier alpha value is -2.46. The van der Waals surface area contributed by atoms with E-state index in [-0.39, 0.29) is 16.5 Å². The van der Waals surface area contributed by atoms with Gasteiger partial charge in [0.2, 0.25) is 0 Å². The number of pyridine rings is 2. The lowest BCUT2D eigenvalue weighted by Crippen LogP contribution is -2.42. The summed E-state index contributed by atoms with van der Waals surface area (Å²) in [5, 5.41) is 2.30. The van der Waals surface area contributed by atoms with Gasteiger partial charge in [-0.05, 0) is 75.5 Å². The van der Waals surface area contributed by atoms with E-state index in [0.717, 1.165) is 22.2 Å². The van der Waals surface area contributed by atoms with Crippen molar-refractivity contribution >= 4 is 27.5 Å². The van der Waals surface area contributed by atoms with Crippen molar-refractivity contribution in [2.24, 2.45) is 0 Å². The Balaban J connectivity index is 1.82. The van der Waals surface area contributed by atoms with E-state index in [1.54, 1.807) is 0 Å². The molecule has 0 aliphatic carbocycles. The standard InChI is InChI=1S/C25H30N4/c1-23(2,3)21-11-15-9-10-29-20-13-18-17(24(4,5)28(8)25(18,6)7)12-19(20)27-22(29)16(15)14-26-21/h9-14H,1-8H3. The van der Waals surface area contributed by atoms with Crippen molar-refractivity contribution < 1.29 is 0 Å². The zero-order chi connectivity index (χ0) is 20.9. The van der Waals surface area contributed by atoms with E-state index in [1.807, 2.05) is 6.20 Å². The zero-order valence-corrected chi connectivity index (χ0v) is 18.8. The summed E-state index contributed by atoms with van der Waals surface area (Å²) in [6, 6.07) is 9.04. The third kappa shape index (κ3) is 2.35. The van der Waals surface area contributed by atoms with Crippen LogP contribution >= 0.6 is 0 Å². The van der Waals surface area contributed by atoms with Gasteiger partial charge < -0.3 is 0 Å². The molecule has 0 bridgehead atoms. The Labute approximate surface area is 172 Å². The third-order valence-electron chi connectivity index (χ3n) is 7.17. The van der Waals surface area contributed by atoms with Gasteiger partial charge in [0, 0.05) is 40.0 Å². The topological polar surface area (TPSA) is 33.4 Å². The van der Waals surface area contributed by atoms with E-state index in [4.69, 9.17) is 9.97 Å². The van der Waals surface area contributed by atoms with Crippen LogP contribution in [0, 0.1) is 0 Å². The second-order valence-corrected chi connectivity index (χ2v) is 10.6. The SMILES string of the molecule is CN1C(C)(C)c2cc3nc4c5cnc(C(C)(C)C)cc5ccn4c3cc2C1(C)C. The van der Waals surface area contributed by atoms with Crippen molar-refractivity contribution in [3.05, 3.63) is 53.5 Å². The van der Waals surface area contributed by atoms with Gasteiger partial charge >= 0.3 is 0 Å². The monoisotopic (exact) mass is 386 g/mol. The number of imidazole rings is 1. The number of nitrogens with zero attached hydrogens (tertiary/aromatic N) is 4. The van der Waals surface area contributed by atoms with Crippen molar-refractivity contribution in [3.8, 4) is 0 Å². The molecule has 0 radical (unpaired) electrons. The third-order valence-corrected chi connectivity index (χ3v) is 7.17. The molecule has 5 rings (SSSR count). The number of aromatic nitrogens is 3. The van der Waals surface area contributed by atoms with Crippen LogP contribution in [0.5, 0.6) is 0 Å². The molecule has 1 aromatic carbocycles. The maximum Gasteiger partial charge on any atom is 0.147 e. The van der Waals surface area contributed by atoms with Crippen molar-refractivity contribution in [2.45, 2.75) is 65.0 Å². The molecular formula is C25H30N4. The van der Waals surface area contributed by atoms with Gasteiger partial charge in [-0.25, -0.2) is 4.98 Å². The van der Waals surface area contributed by atoms with Crippen LogP contribution in [0.3, 0.4) is 0 Å². The molecule has 4 nitrogen and oxygen atoms in total. The zero-order valence-electron chi connectivity index (χ0n) is 18.8. The first kappa shape index (κ1) is 18.6. The van der Waals surface area contributed by atoms with Crippen LogP contribution in [0.2, 0.25) is 0 Å². The smallest absolute Gasteiger partial charge is 0.147 e. The fourth-order valence-corrected chi connectivity index (χ4v) is 4.92. The number of fused-ring (bicyclic) bond motifs is 6. The molecule has 0 atom stereocenters. The molecule has 0 amide bonds. The van der Waals surface area contributed by atoms with Gasteiger partial charge in [0.05, 0.1) is 11.0 Å². The molecule has 0 fully saturated rings. The Kier molecular flexibility index (Phi) is 3.43. The van der Waals surface area contributed by atoms with Crippen molar-refractivity contribution in [2.75, 3.05) is 7.05 Å². The maximum absolute atomic E-state index is 5.06. The number of rotatable bonds is 0. The van der Waals surface area contributed by atoms with Crippen LogP contribution in [0.25, 0.3) is 27.5 Å². The molecule has 4 heteroatoms. The lowest BCUT2D eigenvalue weighted by Gasteiger charge is -2.37. The van der Waals surface area contributed by atoms with Crippen LogP contribution in [0.4, 0.5) is 0 Å². The second-order valence-electron chi connectivity index (χ2n) is 10.6. The average molecular weight is 387 g/mol. The second kappa shape index (κ2) is 5.37. The lowest BCUT2D eigenvalue weighted by molar-refractivity contribution is 0.0731. The van der Waals surface area contributed by atoms with Gasteiger partial charge in [0.15, 0.2) is 0 Å². The highest BCUT2D eigenvalue weighted by Gasteiger charge is 2.47.